The lowest BCUT2D eigenvalue weighted by molar-refractivity contribution is 0.461. The number of nitrogens with one attached hydrogen (secondary N) is 1. The molecule has 0 amide bonds. The summed E-state index contributed by atoms with van der Waals surface area (Å²) in [5, 5.41) is 3.57. The molecule has 0 aliphatic carbocycles. The Morgan fingerprint density at radius 1 is 1.22 bits per heavy atom. The Balaban J connectivity index is 1.77. The summed E-state index contributed by atoms with van der Waals surface area (Å²) < 4.78 is 2.10. The molecule has 0 saturated heterocycles. The van der Waals surface area contributed by atoms with Crippen LogP contribution in [0.1, 0.15) is 25.3 Å². The van der Waals surface area contributed by atoms with Crippen molar-refractivity contribution >= 4 is 0 Å². The van der Waals surface area contributed by atoms with Crippen molar-refractivity contribution in [2.45, 2.75) is 32.4 Å². The summed E-state index contributed by atoms with van der Waals surface area (Å²) in [7, 11) is 0. The van der Waals surface area contributed by atoms with E-state index in [1.54, 1.807) is 0 Å². The highest BCUT2D eigenvalue weighted by Crippen LogP contribution is 2.13. The molecule has 0 aliphatic heterocycles. The first-order valence-corrected chi connectivity index (χ1v) is 6.50. The van der Waals surface area contributed by atoms with Crippen molar-refractivity contribution in [1.82, 2.24) is 14.9 Å². The van der Waals surface area contributed by atoms with Crippen LogP contribution in [0, 0.1) is 0 Å². The van der Waals surface area contributed by atoms with Crippen molar-refractivity contribution in [3.63, 3.8) is 0 Å². The topological polar surface area (TPSA) is 29.9 Å². The molecule has 1 N–H and O–H groups in total. The van der Waals surface area contributed by atoms with Gasteiger partial charge in [-0.05, 0) is 18.4 Å². The van der Waals surface area contributed by atoms with Gasteiger partial charge in [0.1, 0.15) is 0 Å². The number of rotatable bonds is 6. The van der Waals surface area contributed by atoms with Gasteiger partial charge in [0.25, 0.3) is 0 Å². The standard InChI is InChI=1S/C15H21N3/c1-13(15-6-4-3-5-7-15)10-17-14(2)11-18-9-8-16-12-18/h3-9,12-14,17H,10-11H2,1-2H3. The highest BCUT2D eigenvalue weighted by Gasteiger charge is 2.07. The average molecular weight is 243 g/mol. The minimum atomic E-state index is 0.449. The first-order chi connectivity index (χ1) is 8.75. The summed E-state index contributed by atoms with van der Waals surface area (Å²) in [6.07, 6.45) is 5.68. The average Bonchev–Trinajstić information content (AvgIpc) is 2.90. The predicted octanol–water partition coefficient (Wildman–Crippen LogP) is 2.66. The maximum atomic E-state index is 4.05. The van der Waals surface area contributed by atoms with Crippen LogP contribution >= 0.6 is 0 Å². The molecule has 0 bridgehead atoms. The normalized spacial score (nSPS) is 14.3. The number of benzene rings is 1. The van der Waals surface area contributed by atoms with Crippen molar-refractivity contribution in [3.05, 3.63) is 54.6 Å². The molecule has 18 heavy (non-hydrogen) atoms. The summed E-state index contributed by atoms with van der Waals surface area (Å²) in [5.41, 5.74) is 1.39. The van der Waals surface area contributed by atoms with Crippen LogP contribution in [0.15, 0.2) is 49.1 Å². The Hall–Kier alpha value is -1.61. The lowest BCUT2D eigenvalue weighted by Gasteiger charge is -2.18. The van der Waals surface area contributed by atoms with Gasteiger partial charge in [0.05, 0.1) is 6.33 Å². The smallest absolute Gasteiger partial charge is 0.0946 e. The lowest BCUT2D eigenvalue weighted by atomic mass is 10.0. The number of nitrogens with zero attached hydrogens (tertiary/aromatic N) is 2. The highest BCUT2D eigenvalue weighted by molar-refractivity contribution is 5.18. The molecular weight excluding hydrogens is 222 g/mol. The van der Waals surface area contributed by atoms with E-state index in [4.69, 9.17) is 0 Å². The molecule has 2 unspecified atom stereocenters. The Kier molecular flexibility index (Phi) is 4.53. The van der Waals surface area contributed by atoms with E-state index in [-0.39, 0.29) is 0 Å². The van der Waals surface area contributed by atoms with E-state index in [0.717, 1.165) is 13.1 Å². The van der Waals surface area contributed by atoms with Crippen molar-refractivity contribution in [1.29, 1.82) is 0 Å². The second kappa shape index (κ2) is 6.36. The van der Waals surface area contributed by atoms with Crippen LogP contribution in [0.2, 0.25) is 0 Å². The van der Waals surface area contributed by atoms with Gasteiger partial charge in [0, 0.05) is 31.5 Å². The number of imidazole rings is 1. The third-order valence-corrected chi connectivity index (χ3v) is 3.18. The van der Waals surface area contributed by atoms with E-state index in [9.17, 15) is 0 Å². The molecule has 1 aromatic carbocycles. The van der Waals surface area contributed by atoms with Crippen molar-refractivity contribution in [2.24, 2.45) is 0 Å². The van der Waals surface area contributed by atoms with Crippen molar-refractivity contribution < 1.29 is 0 Å². The largest absolute Gasteiger partial charge is 0.336 e. The maximum absolute atomic E-state index is 4.05. The molecule has 2 atom stereocenters. The fourth-order valence-corrected chi connectivity index (χ4v) is 2.05. The molecule has 0 saturated carbocycles. The zero-order valence-corrected chi connectivity index (χ0v) is 11.1. The maximum Gasteiger partial charge on any atom is 0.0946 e. The Morgan fingerprint density at radius 2 is 2.00 bits per heavy atom. The van der Waals surface area contributed by atoms with Gasteiger partial charge in [0.2, 0.25) is 0 Å². The summed E-state index contributed by atoms with van der Waals surface area (Å²) in [4.78, 5) is 4.05. The quantitative estimate of drug-likeness (QED) is 0.845. The van der Waals surface area contributed by atoms with E-state index in [0.29, 0.717) is 12.0 Å². The van der Waals surface area contributed by atoms with Gasteiger partial charge in [-0.15, -0.1) is 0 Å². The van der Waals surface area contributed by atoms with Gasteiger partial charge in [-0.1, -0.05) is 37.3 Å². The first kappa shape index (κ1) is 12.8. The number of aromatic nitrogens is 2. The van der Waals surface area contributed by atoms with E-state index in [1.807, 2.05) is 18.7 Å². The Morgan fingerprint density at radius 3 is 2.67 bits per heavy atom. The number of hydrogen-bond acceptors (Lipinski definition) is 2. The fourth-order valence-electron chi connectivity index (χ4n) is 2.05. The van der Waals surface area contributed by atoms with Crippen LogP contribution < -0.4 is 5.32 Å². The van der Waals surface area contributed by atoms with Gasteiger partial charge in [-0.2, -0.15) is 0 Å². The molecule has 1 heterocycles. The van der Waals surface area contributed by atoms with Crippen LogP contribution in [0.25, 0.3) is 0 Å². The number of hydrogen-bond donors (Lipinski definition) is 1. The van der Waals surface area contributed by atoms with Crippen molar-refractivity contribution in [2.75, 3.05) is 6.54 Å². The molecule has 2 aromatic rings. The summed E-state index contributed by atoms with van der Waals surface area (Å²) in [6.45, 7) is 6.42. The molecule has 0 spiro atoms. The fraction of sp³-hybridized carbons (Fsp3) is 0.400. The van der Waals surface area contributed by atoms with Crippen LogP contribution in [0.5, 0.6) is 0 Å². The predicted molar refractivity (Wildman–Crippen MR) is 74.5 cm³/mol. The second-order valence-corrected chi connectivity index (χ2v) is 4.88. The summed E-state index contributed by atoms with van der Waals surface area (Å²) in [6, 6.07) is 11.1. The molecule has 96 valence electrons. The van der Waals surface area contributed by atoms with E-state index in [1.165, 1.54) is 5.56 Å². The SMILES string of the molecule is CC(Cn1ccnc1)NCC(C)c1ccccc1. The minimum absolute atomic E-state index is 0.449. The van der Waals surface area contributed by atoms with Gasteiger partial charge in [-0.3, -0.25) is 0 Å². The Labute approximate surface area is 109 Å². The lowest BCUT2D eigenvalue weighted by Crippen LogP contribution is -2.32. The summed E-state index contributed by atoms with van der Waals surface area (Å²) >= 11 is 0. The molecule has 3 nitrogen and oxygen atoms in total. The molecule has 2 rings (SSSR count). The van der Waals surface area contributed by atoms with Crippen LogP contribution in [-0.4, -0.2) is 22.1 Å². The van der Waals surface area contributed by atoms with Gasteiger partial charge in [-0.25, -0.2) is 4.98 Å². The molecule has 0 aliphatic rings. The van der Waals surface area contributed by atoms with Crippen molar-refractivity contribution in [3.8, 4) is 0 Å². The molecule has 0 radical (unpaired) electrons. The molecule has 3 heteroatoms. The van der Waals surface area contributed by atoms with Crippen LogP contribution in [0.4, 0.5) is 0 Å². The Bertz CT molecular complexity index is 436. The molecule has 1 aromatic heterocycles. The van der Waals surface area contributed by atoms with E-state index in [2.05, 4.69) is 59.0 Å². The zero-order valence-electron chi connectivity index (χ0n) is 11.1. The second-order valence-electron chi connectivity index (χ2n) is 4.88. The zero-order chi connectivity index (χ0) is 12.8. The highest BCUT2D eigenvalue weighted by atomic mass is 15.1. The molecule has 0 fully saturated rings. The van der Waals surface area contributed by atoms with Gasteiger partial charge in [0.15, 0.2) is 0 Å². The first-order valence-electron chi connectivity index (χ1n) is 6.50. The van der Waals surface area contributed by atoms with E-state index < -0.39 is 0 Å². The van der Waals surface area contributed by atoms with Crippen LogP contribution in [-0.2, 0) is 6.54 Å². The minimum Gasteiger partial charge on any atom is -0.336 e. The third kappa shape index (κ3) is 3.70. The summed E-state index contributed by atoms with van der Waals surface area (Å²) in [5.74, 6) is 0.538. The van der Waals surface area contributed by atoms with Gasteiger partial charge < -0.3 is 9.88 Å². The van der Waals surface area contributed by atoms with Crippen LogP contribution in [0.3, 0.4) is 0 Å². The third-order valence-electron chi connectivity index (χ3n) is 3.18. The van der Waals surface area contributed by atoms with E-state index >= 15 is 0 Å². The monoisotopic (exact) mass is 243 g/mol. The molecular formula is C15H21N3. The van der Waals surface area contributed by atoms with Gasteiger partial charge >= 0.3 is 0 Å².